The molecule has 0 aromatic heterocycles. The van der Waals surface area contributed by atoms with Crippen LogP contribution in [0.25, 0.3) is 0 Å². The molecule has 2 atom stereocenters. The zero-order valence-corrected chi connectivity index (χ0v) is 26.1. The van der Waals surface area contributed by atoms with Crippen LogP contribution in [-0.4, -0.2) is 56.9 Å². The Morgan fingerprint density at radius 3 is 2.50 bits per heavy atom. The quantitative estimate of drug-likeness (QED) is 0.269. The summed E-state index contributed by atoms with van der Waals surface area (Å²) < 4.78 is 55.4. The Labute approximate surface area is 249 Å². The highest BCUT2D eigenvalue weighted by Crippen LogP contribution is 2.36. The van der Waals surface area contributed by atoms with E-state index in [1.165, 1.54) is 10.4 Å². The van der Waals surface area contributed by atoms with Gasteiger partial charge in [0.1, 0.15) is 22.6 Å². The first-order valence-electron chi connectivity index (χ1n) is 14.4. The molecule has 0 aliphatic carbocycles. The molecule has 226 valence electrons. The van der Waals surface area contributed by atoms with Gasteiger partial charge in [-0.3, -0.25) is 4.79 Å². The van der Waals surface area contributed by atoms with Crippen molar-refractivity contribution in [3.63, 3.8) is 0 Å². The van der Waals surface area contributed by atoms with Gasteiger partial charge in [-0.1, -0.05) is 43.3 Å². The maximum Gasteiger partial charge on any atom is 0.306 e. The van der Waals surface area contributed by atoms with Crippen LogP contribution < -0.4 is 4.74 Å². The smallest absolute Gasteiger partial charge is 0.306 e. The van der Waals surface area contributed by atoms with E-state index in [0.717, 1.165) is 27.8 Å². The molecular formula is C33H41FN2O5S. The lowest BCUT2D eigenvalue weighted by molar-refractivity contribution is -0.143. The Balaban J connectivity index is 1.78. The van der Waals surface area contributed by atoms with Crippen molar-refractivity contribution in [1.82, 2.24) is 9.21 Å². The van der Waals surface area contributed by atoms with E-state index in [2.05, 4.69) is 0 Å². The lowest BCUT2D eigenvalue weighted by atomic mass is 9.83. The Bertz CT molecular complexity index is 1540. The number of hydrogen-bond donors (Lipinski definition) is 0. The summed E-state index contributed by atoms with van der Waals surface area (Å²) in [4.78, 5) is 14.9. The van der Waals surface area contributed by atoms with Gasteiger partial charge in [0.2, 0.25) is 10.0 Å². The Hall–Kier alpha value is -3.27. The first-order valence-corrected chi connectivity index (χ1v) is 15.8. The predicted octanol–water partition coefficient (Wildman–Crippen LogP) is 5.95. The minimum Gasteiger partial charge on any atom is -0.488 e. The molecule has 0 amide bonds. The first-order chi connectivity index (χ1) is 19.9. The molecule has 1 aliphatic heterocycles. The number of carbonyl (C=O) groups excluding carboxylic acids is 1. The number of carbonyl (C=O) groups is 1. The summed E-state index contributed by atoms with van der Waals surface area (Å²) in [6.07, 6.45) is 0.436. The number of nitrogens with zero attached hydrogens (tertiary/aromatic N) is 2. The number of rotatable bonds is 10. The number of ether oxygens (including phenoxy) is 2. The van der Waals surface area contributed by atoms with E-state index in [4.69, 9.17) is 9.47 Å². The molecular weight excluding hydrogens is 555 g/mol. The van der Waals surface area contributed by atoms with E-state index in [1.807, 2.05) is 64.0 Å². The molecule has 4 rings (SSSR count). The van der Waals surface area contributed by atoms with Crippen molar-refractivity contribution in [2.75, 3.05) is 27.2 Å². The van der Waals surface area contributed by atoms with Crippen molar-refractivity contribution in [2.24, 2.45) is 0 Å². The molecule has 42 heavy (non-hydrogen) atoms. The van der Waals surface area contributed by atoms with Crippen molar-refractivity contribution < 1.29 is 27.1 Å². The monoisotopic (exact) mass is 596 g/mol. The number of benzene rings is 3. The fourth-order valence-corrected chi connectivity index (χ4v) is 7.01. The summed E-state index contributed by atoms with van der Waals surface area (Å²) in [5.41, 5.74) is 4.71. The summed E-state index contributed by atoms with van der Waals surface area (Å²) in [7, 11) is -0.0702. The van der Waals surface area contributed by atoms with Gasteiger partial charge >= 0.3 is 5.97 Å². The molecule has 0 spiro atoms. The van der Waals surface area contributed by atoms with Gasteiger partial charge in [-0.15, -0.1) is 0 Å². The van der Waals surface area contributed by atoms with E-state index < -0.39 is 15.9 Å². The van der Waals surface area contributed by atoms with Crippen molar-refractivity contribution >= 4 is 16.0 Å². The minimum absolute atomic E-state index is 0.0748. The van der Waals surface area contributed by atoms with Crippen molar-refractivity contribution in [1.29, 1.82) is 0 Å². The lowest BCUT2D eigenvalue weighted by Gasteiger charge is -2.25. The van der Waals surface area contributed by atoms with Crippen LogP contribution in [0.3, 0.4) is 0 Å². The number of esters is 1. The molecule has 0 saturated carbocycles. The SMILES string of the molecule is CCOC(=O)CC(c1ccc(C)c(CN2C[C@@H](CC)Oc3ccccc3S2(=O)=O)c1)c1cc(CN(C)C)c(F)cc1C. The Morgan fingerprint density at radius 2 is 1.81 bits per heavy atom. The Kier molecular flexibility index (Phi) is 10.1. The number of sulfonamides is 1. The van der Waals surface area contributed by atoms with Crippen LogP contribution >= 0.6 is 0 Å². The second-order valence-corrected chi connectivity index (χ2v) is 13.1. The summed E-state index contributed by atoms with van der Waals surface area (Å²) in [6, 6.07) is 16.0. The second kappa shape index (κ2) is 13.4. The molecule has 0 bridgehead atoms. The van der Waals surface area contributed by atoms with Crippen LogP contribution in [0.15, 0.2) is 59.5 Å². The van der Waals surface area contributed by atoms with Gasteiger partial charge < -0.3 is 14.4 Å². The summed E-state index contributed by atoms with van der Waals surface area (Å²) in [5.74, 6) is -0.675. The van der Waals surface area contributed by atoms with E-state index in [0.29, 0.717) is 24.3 Å². The molecule has 1 aliphatic rings. The zero-order chi connectivity index (χ0) is 30.6. The second-order valence-electron chi connectivity index (χ2n) is 11.2. The molecule has 3 aromatic carbocycles. The maximum atomic E-state index is 14.9. The van der Waals surface area contributed by atoms with Crippen molar-refractivity contribution in [3.05, 3.63) is 93.8 Å². The summed E-state index contributed by atoms with van der Waals surface area (Å²) in [6.45, 7) is 8.58. The molecule has 9 heteroatoms. The summed E-state index contributed by atoms with van der Waals surface area (Å²) >= 11 is 0. The van der Waals surface area contributed by atoms with Gasteiger partial charge in [-0.2, -0.15) is 4.31 Å². The average molecular weight is 597 g/mol. The third-order valence-corrected chi connectivity index (χ3v) is 9.57. The molecule has 0 N–H and O–H groups in total. The molecule has 0 fully saturated rings. The van der Waals surface area contributed by atoms with E-state index in [9.17, 15) is 17.6 Å². The van der Waals surface area contributed by atoms with Gasteiger partial charge in [-0.25, -0.2) is 12.8 Å². The number of para-hydroxylation sites is 1. The lowest BCUT2D eigenvalue weighted by Crippen LogP contribution is -2.36. The maximum absolute atomic E-state index is 14.9. The van der Waals surface area contributed by atoms with Gasteiger partial charge in [0.25, 0.3) is 0 Å². The largest absolute Gasteiger partial charge is 0.488 e. The number of hydrogen-bond acceptors (Lipinski definition) is 6. The van der Waals surface area contributed by atoms with Crippen LogP contribution in [0.4, 0.5) is 4.39 Å². The van der Waals surface area contributed by atoms with Crippen LogP contribution in [0, 0.1) is 19.7 Å². The Morgan fingerprint density at radius 1 is 1.07 bits per heavy atom. The molecule has 3 aromatic rings. The highest BCUT2D eigenvalue weighted by atomic mass is 32.2. The fourth-order valence-electron chi connectivity index (χ4n) is 5.44. The van der Waals surface area contributed by atoms with Gasteiger partial charge in [-0.05, 0) is 87.3 Å². The van der Waals surface area contributed by atoms with Crippen LogP contribution in [0.1, 0.15) is 66.0 Å². The third-order valence-electron chi connectivity index (χ3n) is 7.72. The number of fused-ring (bicyclic) bond motifs is 1. The van der Waals surface area contributed by atoms with Gasteiger partial charge in [0, 0.05) is 24.6 Å². The number of aryl methyl sites for hydroxylation is 2. The van der Waals surface area contributed by atoms with E-state index >= 15 is 0 Å². The highest BCUT2D eigenvalue weighted by Gasteiger charge is 2.34. The van der Waals surface area contributed by atoms with Crippen LogP contribution in [-0.2, 0) is 32.6 Å². The zero-order valence-electron chi connectivity index (χ0n) is 25.3. The molecule has 0 saturated heterocycles. The molecule has 1 heterocycles. The normalized spacial score (nSPS) is 17.3. The first kappa shape index (κ1) is 31.7. The molecule has 0 radical (unpaired) electrons. The van der Waals surface area contributed by atoms with Gasteiger partial charge in [0.05, 0.1) is 19.6 Å². The van der Waals surface area contributed by atoms with Gasteiger partial charge in [0.15, 0.2) is 0 Å². The molecule has 1 unspecified atom stereocenters. The average Bonchev–Trinajstić information content (AvgIpc) is 3.04. The van der Waals surface area contributed by atoms with Crippen LogP contribution in [0.5, 0.6) is 5.75 Å². The van der Waals surface area contributed by atoms with Crippen LogP contribution in [0.2, 0.25) is 0 Å². The topological polar surface area (TPSA) is 76.1 Å². The molecule has 7 nitrogen and oxygen atoms in total. The van der Waals surface area contributed by atoms with E-state index in [1.54, 1.807) is 31.2 Å². The van der Waals surface area contributed by atoms with E-state index in [-0.39, 0.29) is 48.9 Å². The van der Waals surface area contributed by atoms with Crippen molar-refractivity contribution in [3.8, 4) is 5.75 Å². The van der Waals surface area contributed by atoms with Crippen molar-refractivity contribution in [2.45, 2.75) is 70.5 Å². The number of halogens is 1. The standard InChI is InChI=1S/C33H41FN2O5S/c1-7-27-21-36(42(38,39)32-12-10-9-11-31(32)41-27)20-25-16-24(14-13-22(25)3)29(18-33(37)40-8-2)28-17-26(19-35(5)6)30(34)15-23(28)4/h9-17,27,29H,7-8,18-21H2,1-6H3/t27-,29?/m1/s1. The highest BCUT2D eigenvalue weighted by molar-refractivity contribution is 7.89. The predicted molar refractivity (Wildman–Crippen MR) is 162 cm³/mol. The summed E-state index contributed by atoms with van der Waals surface area (Å²) in [5, 5.41) is 0. The minimum atomic E-state index is -3.83. The third kappa shape index (κ3) is 7.02. The fraction of sp³-hybridized carbons (Fsp3) is 0.424.